The zero-order valence-electron chi connectivity index (χ0n) is 11.6. The number of carbonyl (C=O) groups excluding carboxylic acids is 1. The number of ether oxygens (including phenoxy) is 2. The van der Waals surface area contributed by atoms with Crippen LogP contribution < -0.4 is 5.73 Å². The number of nitrogens with two attached hydrogens (primary N) is 1. The highest BCUT2D eigenvalue weighted by atomic mass is 16.6. The van der Waals surface area contributed by atoms with Gasteiger partial charge < -0.3 is 20.1 Å². The van der Waals surface area contributed by atoms with Crippen LogP contribution in [-0.2, 0) is 9.47 Å². The van der Waals surface area contributed by atoms with E-state index in [9.17, 15) is 4.79 Å². The Kier molecular flexibility index (Phi) is 3.56. The number of amides is 1. The summed E-state index contributed by atoms with van der Waals surface area (Å²) in [7, 11) is 0. The first-order chi connectivity index (χ1) is 8.34. The number of morpholine rings is 1. The minimum Gasteiger partial charge on any atom is -0.444 e. The SMILES string of the molecule is CC(C)(C)OC(=O)N1CCOC2(CC(CN)C2)C1. The molecular formula is C13H24N2O3. The first-order valence-corrected chi connectivity index (χ1v) is 6.65. The molecular weight excluding hydrogens is 232 g/mol. The lowest BCUT2D eigenvalue weighted by Crippen LogP contribution is -2.61. The lowest BCUT2D eigenvalue weighted by molar-refractivity contribution is -0.168. The van der Waals surface area contributed by atoms with E-state index in [4.69, 9.17) is 15.2 Å². The summed E-state index contributed by atoms with van der Waals surface area (Å²) < 4.78 is 11.2. The summed E-state index contributed by atoms with van der Waals surface area (Å²) in [4.78, 5) is 13.8. The maximum absolute atomic E-state index is 12.0. The topological polar surface area (TPSA) is 64.8 Å². The Bertz CT molecular complexity index is 319. The van der Waals surface area contributed by atoms with E-state index >= 15 is 0 Å². The second kappa shape index (κ2) is 4.70. The van der Waals surface area contributed by atoms with Gasteiger partial charge in [-0.2, -0.15) is 0 Å². The lowest BCUT2D eigenvalue weighted by atomic mass is 9.70. The van der Waals surface area contributed by atoms with Crippen molar-refractivity contribution in [3.05, 3.63) is 0 Å². The zero-order valence-corrected chi connectivity index (χ0v) is 11.6. The van der Waals surface area contributed by atoms with Crippen molar-refractivity contribution in [2.75, 3.05) is 26.2 Å². The van der Waals surface area contributed by atoms with E-state index in [-0.39, 0.29) is 11.7 Å². The van der Waals surface area contributed by atoms with Crippen LogP contribution in [0.1, 0.15) is 33.6 Å². The molecule has 2 aliphatic rings. The molecule has 0 atom stereocenters. The van der Waals surface area contributed by atoms with Crippen LogP contribution in [0.5, 0.6) is 0 Å². The predicted octanol–water partition coefficient (Wildman–Crippen LogP) is 1.36. The summed E-state index contributed by atoms with van der Waals surface area (Å²) in [5, 5.41) is 0. The summed E-state index contributed by atoms with van der Waals surface area (Å²) in [5.74, 6) is 0.545. The Morgan fingerprint density at radius 1 is 1.50 bits per heavy atom. The van der Waals surface area contributed by atoms with E-state index in [2.05, 4.69) is 0 Å². The quantitative estimate of drug-likeness (QED) is 0.769. The van der Waals surface area contributed by atoms with Gasteiger partial charge in [0.05, 0.1) is 18.8 Å². The van der Waals surface area contributed by atoms with Crippen molar-refractivity contribution in [2.24, 2.45) is 11.7 Å². The van der Waals surface area contributed by atoms with E-state index < -0.39 is 5.60 Å². The Hall–Kier alpha value is -0.810. The van der Waals surface area contributed by atoms with Gasteiger partial charge in [0.2, 0.25) is 0 Å². The van der Waals surface area contributed by atoms with Gasteiger partial charge in [0.15, 0.2) is 0 Å². The maximum atomic E-state index is 12.0. The van der Waals surface area contributed by atoms with E-state index in [1.807, 2.05) is 20.8 Å². The fourth-order valence-electron chi connectivity index (χ4n) is 2.73. The summed E-state index contributed by atoms with van der Waals surface area (Å²) >= 11 is 0. The van der Waals surface area contributed by atoms with Crippen LogP contribution in [0.25, 0.3) is 0 Å². The molecule has 1 heterocycles. The summed E-state index contributed by atoms with van der Waals surface area (Å²) in [6, 6.07) is 0. The molecule has 0 aromatic carbocycles. The van der Waals surface area contributed by atoms with Crippen LogP contribution in [0.2, 0.25) is 0 Å². The van der Waals surface area contributed by atoms with E-state index in [1.165, 1.54) is 0 Å². The smallest absolute Gasteiger partial charge is 0.410 e. The molecule has 0 aromatic rings. The molecule has 2 rings (SSSR count). The minimum absolute atomic E-state index is 0.154. The van der Waals surface area contributed by atoms with Crippen LogP contribution in [0.15, 0.2) is 0 Å². The van der Waals surface area contributed by atoms with Crippen molar-refractivity contribution in [1.29, 1.82) is 0 Å². The van der Waals surface area contributed by atoms with E-state index in [0.29, 0.717) is 32.2 Å². The summed E-state index contributed by atoms with van der Waals surface area (Å²) in [6.07, 6.45) is 1.69. The van der Waals surface area contributed by atoms with Crippen LogP contribution in [0, 0.1) is 5.92 Å². The van der Waals surface area contributed by atoms with Gasteiger partial charge in [-0.25, -0.2) is 4.79 Å². The molecule has 1 aliphatic carbocycles. The van der Waals surface area contributed by atoms with Gasteiger partial charge in [0.1, 0.15) is 5.60 Å². The highest BCUT2D eigenvalue weighted by Gasteiger charge is 2.48. The van der Waals surface area contributed by atoms with Crippen LogP contribution >= 0.6 is 0 Å². The Morgan fingerprint density at radius 2 is 2.17 bits per heavy atom. The van der Waals surface area contributed by atoms with E-state index in [0.717, 1.165) is 12.8 Å². The lowest BCUT2D eigenvalue weighted by Gasteiger charge is -2.52. The number of nitrogens with zero attached hydrogens (tertiary/aromatic N) is 1. The van der Waals surface area contributed by atoms with Gasteiger partial charge in [0.25, 0.3) is 0 Å². The fraction of sp³-hybridized carbons (Fsp3) is 0.923. The van der Waals surface area contributed by atoms with Crippen molar-refractivity contribution in [2.45, 2.75) is 44.8 Å². The number of hydrogen-bond donors (Lipinski definition) is 1. The first-order valence-electron chi connectivity index (χ1n) is 6.65. The second-order valence-corrected chi connectivity index (χ2v) is 6.44. The molecule has 1 saturated heterocycles. The maximum Gasteiger partial charge on any atom is 0.410 e. The standard InChI is InChI=1S/C13H24N2O3/c1-12(2,3)18-11(16)15-4-5-17-13(9-15)6-10(7-13)8-14/h10H,4-9,14H2,1-3H3. The van der Waals surface area contributed by atoms with Crippen molar-refractivity contribution in [3.63, 3.8) is 0 Å². The van der Waals surface area contributed by atoms with Gasteiger partial charge in [-0.05, 0) is 46.1 Å². The molecule has 104 valence electrons. The predicted molar refractivity (Wildman–Crippen MR) is 68.3 cm³/mol. The van der Waals surface area contributed by atoms with Crippen LogP contribution in [0.3, 0.4) is 0 Å². The number of carbonyl (C=O) groups is 1. The largest absolute Gasteiger partial charge is 0.444 e. The molecule has 1 aliphatic heterocycles. The Morgan fingerprint density at radius 3 is 2.72 bits per heavy atom. The van der Waals surface area contributed by atoms with E-state index in [1.54, 1.807) is 4.90 Å². The van der Waals surface area contributed by atoms with Crippen molar-refractivity contribution < 1.29 is 14.3 Å². The number of rotatable bonds is 1. The molecule has 5 heteroatoms. The molecule has 0 radical (unpaired) electrons. The second-order valence-electron chi connectivity index (χ2n) is 6.44. The highest BCUT2D eigenvalue weighted by molar-refractivity contribution is 5.68. The van der Waals surface area contributed by atoms with Gasteiger partial charge in [-0.3, -0.25) is 0 Å². The van der Waals surface area contributed by atoms with Crippen LogP contribution in [0.4, 0.5) is 4.79 Å². The van der Waals surface area contributed by atoms with Gasteiger partial charge >= 0.3 is 6.09 Å². The Labute approximate surface area is 109 Å². The first kappa shape index (κ1) is 13.6. The third-order valence-electron chi connectivity index (χ3n) is 3.55. The molecule has 1 amide bonds. The molecule has 1 spiro atoms. The zero-order chi connectivity index (χ0) is 13.4. The molecule has 18 heavy (non-hydrogen) atoms. The summed E-state index contributed by atoms with van der Waals surface area (Å²) in [5.41, 5.74) is 5.04. The molecule has 0 unspecified atom stereocenters. The van der Waals surface area contributed by atoms with Gasteiger partial charge in [0, 0.05) is 6.54 Å². The fourth-order valence-corrected chi connectivity index (χ4v) is 2.73. The van der Waals surface area contributed by atoms with Crippen molar-refractivity contribution >= 4 is 6.09 Å². The van der Waals surface area contributed by atoms with Crippen molar-refractivity contribution in [1.82, 2.24) is 4.90 Å². The molecule has 0 bridgehead atoms. The molecule has 0 aromatic heterocycles. The van der Waals surface area contributed by atoms with Gasteiger partial charge in [-0.1, -0.05) is 0 Å². The molecule has 1 saturated carbocycles. The average molecular weight is 256 g/mol. The molecule has 2 N–H and O–H groups in total. The average Bonchev–Trinajstić information content (AvgIpc) is 2.23. The third-order valence-corrected chi connectivity index (χ3v) is 3.55. The van der Waals surface area contributed by atoms with Gasteiger partial charge in [-0.15, -0.1) is 0 Å². The van der Waals surface area contributed by atoms with Crippen LogP contribution in [-0.4, -0.2) is 48.4 Å². The van der Waals surface area contributed by atoms with Crippen molar-refractivity contribution in [3.8, 4) is 0 Å². The monoisotopic (exact) mass is 256 g/mol. The highest BCUT2D eigenvalue weighted by Crippen LogP contribution is 2.42. The third kappa shape index (κ3) is 2.95. The minimum atomic E-state index is -0.443. The normalized spacial score (nSPS) is 32.2. The Balaban J connectivity index is 1.90. The number of hydrogen-bond acceptors (Lipinski definition) is 4. The molecule has 2 fully saturated rings. The molecule has 5 nitrogen and oxygen atoms in total. The summed E-state index contributed by atoms with van der Waals surface area (Å²) in [6.45, 7) is 8.20.